The van der Waals surface area contributed by atoms with E-state index in [4.69, 9.17) is 23.8 Å². The molecule has 0 atom stereocenters. The summed E-state index contributed by atoms with van der Waals surface area (Å²) in [5.41, 5.74) is 11.5. The monoisotopic (exact) mass is 730 g/mol. The van der Waals surface area contributed by atoms with E-state index in [0.29, 0.717) is 17.5 Å². The van der Waals surface area contributed by atoms with Gasteiger partial charge in [0.05, 0.1) is 16.6 Å². The van der Waals surface area contributed by atoms with Gasteiger partial charge < -0.3 is 13.4 Å². The van der Waals surface area contributed by atoms with Crippen molar-refractivity contribution in [1.29, 1.82) is 0 Å². The molecule has 0 amide bonds. The van der Waals surface area contributed by atoms with Crippen LogP contribution < -0.4 is 0 Å². The van der Waals surface area contributed by atoms with Gasteiger partial charge in [-0.1, -0.05) is 115 Å². The third-order valence-electron chi connectivity index (χ3n) is 11.1. The molecule has 0 aliphatic rings. The molecular formula is C51H30N4O2. The largest absolute Gasteiger partial charge is 0.456 e. The molecule has 0 radical (unpaired) electrons. The lowest BCUT2D eigenvalue weighted by atomic mass is 10.0. The molecule has 0 aliphatic carbocycles. The zero-order chi connectivity index (χ0) is 37.5. The van der Waals surface area contributed by atoms with Crippen molar-refractivity contribution in [2.45, 2.75) is 0 Å². The van der Waals surface area contributed by atoms with Crippen molar-refractivity contribution in [3.8, 4) is 51.0 Å². The van der Waals surface area contributed by atoms with Gasteiger partial charge in [-0.05, 0) is 71.8 Å². The summed E-state index contributed by atoms with van der Waals surface area (Å²) in [7, 11) is 0. The molecule has 4 aromatic heterocycles. The average molecular weight is 731 g/mol. The summed E-state index contributed by atoms with van der Waals surface area (Å²) in [6, 6.07) is 62.8. The number of fused-ring (bicyclic) bond motifs is 9. The number of para-hydroxylation sites is 3. The van der Waals surface area contributed by atoms with Gasteiger partial charge in [-0.15, -0.1) is 0 Å². The first-order valence-electron chi connectivity index (χ1n) is 19.0. The first-order valence-corrected chi connectivity index (χ1v) is 19.0. The predicted molar refractivity (Wildman–Crippen MR) is 230 cm³/mol. The third kappa shape index (κ3) is 5.01. The molecule has 0 saturated carbocycles. The Morgan fingerprint density at radius 2 is 0.965 bits per heavy atom. The Morgan fingerprint density at radius 1 is 0.333 bits per heavy atom. The first-order chi connectivity index (χ1) is 28.2. The van der Waals surface area contributed by atoms with E-state index in [1.54, 1.807) is 0 Å². The number of benzene rings is 8. The molecule has 12 rings (SSSR count). The average Bonchev–Trinajstić information content (AvgIpc) is 3.95. The van der Waals surface area contributed by atoms with Crippen molar-refractivity contribution in [3.63, 3.8) is 0 Å². The van der Waals surface area contributed by atoms with Gasteiger partial charge in [-0.25, -0.2) is 15.0 Å². The number of aromatic nitrogens is 4. The summed E-state index contributed by atoms with van der Waals surface area (Å²) in [6.45, 7) is 0. The van der Waals surface area contributed by atoms with Crippen LogP contribution in [0, 0.1) is 0 Å². The van der Waals surface area contributed by atoms with Crippen molar-refractivity contribution in [3.05, 3.63) is 182 Å². The highest BCUT2D eigenvalue weighted by molar-refractivity contribution is 6.12. The number of nitrogens with zero attached hydrogens (tertiary/aromatic N) is 4. The summed E-state index contributed by atoms with van der Waals surface area (Å²) in [6.07, 6.45) is 0. The normalized spacial score (nSPS) is 11.9. The SMILES string of the molecule is c1ccc(-c2ccc3oc4cc(-n5c6ccccc6c6cc(-c7nc(-c8ccccc8)nc(-c8cccc9c8oc8ccccc89)n7)ccc65)ccc4c3c2)cc1. The van der Waals surface area contributed by atoms with E-state index in [2.05, 4.69) is 120 Å². The van der Waals surface area contributed by atoms with Gasteiger partial charge in [0, 0.05) is 55.2 Å². The van der Waals surface area contributed by atoms with E-state index >= 15 is 0 Å². The third-order valence-corrected chi connectivity index (χ3v) is 11.1. The Bertz CT molecular complexity index is 3530. The van der Waals surface area contributed by atoms with Gasteiger partial charge in [0.15, 0.2) is 17.5 Å². The quantitative estimate of drug-likeness (QED) is 0.176. The summed E-state index contributed by atoms with van der Waals surface area (Å²) in [5.74, 6) is 1.74. The molecule has 0 spiro atoms. The standard InChI is InChI=1S/C51H30N4O2/c1-3-12-31(13-4-1)33-23-27-46-42(28-33)38-25-24-35(30-47(38)56-46)55-43-20-9-7-16-36(43)41-29-34(22-26-44(41)55)50-52-49(32-14-5-2-6-15-32)53-51(54-50)40-19-11-18-39-37-17-8-10-21-45(37)57-48(39)40/h1-30H. The lowest BCUT2D eigenvalue weighted by Crippen LogP contribution is -2.00. The smallest absolute Gasteiger partial charge is 0.167 e. The Kier molecular flexibility index (Phi) is 6.83. The maximum absolute atomic E-state index is 6.48. The van der Waals surface area contributed by atoms with Gasteiger partial charge in [0.1, 0.15) is 22.3 Å². The summed E-state index contributed by atoms with van der Waals surface area (Å²) in [5, 5.41) is 6.52. The summed E-state index contributed by atoms with van der Waals surface area (Å²) >= 11 is 0. The van der Waals surface area contributed by atoms with Crippen molar-refractivity contribution in [1.82, 2.24) is 19.5 Å². The van der Waals surface area contributed by atoms with Crippen LogP contribution in [-0.2, 0) is 0 Å². The molecule has 57 heavy (non-hydrogen) atoms. The van der Waals surface area contributed by atoms with Gasteiger partial charge in [-0.3, -0.25) is 0 Å². The fraction of sp³-hybridized carbons (Fsp3) is 0. The van der Waals surface area contributed by atoms with Crippen LogP contribution in [-0.4, -0.2) is 19.5 Å². The molecule has 0 unspecified atom stereocenters. The number of hydrogen-bond donors (Lipinski definition) is 0. The molecule has 0 fully saturated rings. The minimum absolute atomic E-state index is 0.557. The molecule has 12 aromatic rings. The number of rotatable bonds is 5. The van der Waals surface area contributed by atoms with Gasteiger partial charge in [-0.2, -0.15) is 0 Å². The second-order valence-electron chi connectivity index (χ2n) is 14.4. The molecule has 0 N–H and O–H groups in total. The van der Waals surface area contributed by atoms with Gasteiger partial charge in [0.2, 0.25) is 0 Å². The predicted octanol–water partition coefficient (Wildman–Crippen LogP) is 13.4. The zero-order valence-corrected chi connectivity index (χ0v) is 30.4. The Balaban J connectivity index is 1.02. The molecule has 8 aromatic carbocycles. The van der Waals surface area contributed by atoms with Crippen LogP contribution in [0.25, 0.3) is 117 Å². The topological polar surface area (TPSA) is 69.9 Å². The highest BCUT2D eigenvalue weighted by Gasteiger charge is 2.20. The van der Waals surface area contributed by atoms with Crippen molar-refractivity contribution in [2.24, 2.45) is 0 Å². The van der Waals surface area contributed by atoms with E-state index < -0.39 is 0 Å². The van der Waals surface area contributed by atoms with Crippen molar-refractivity contribution < 1.29 is 8.83 Å². The molecule has 4 heterocycles. The molecule has 6 heteroatoms. The lowest BCUT2D eigenvalue weighted by Gasteiger charge is -2.10. The van der Waals surface area contributed by atoms with Crippen LogP contribution in [0.15, 0.2) is 191 Å². The highest BCUT2D eigenvalue weighted by atomic mass is 16.3. The van der Waals surface area contributed by atoms with Crippen LogP contribution in [0.3, 0.4) is 0 Å². The van der Waals surface area contributed by atoms with E-state index in [-0.39, 0.29) is 0 Å². The van der Waals surface area contributed by atoms with Gasteiger partial charge in [0.25, 0.3) is 0 Å². The fourth-order valence-corrected chi connectivity index (χ4v) is 8.37. The van der Waals surface area contributed by atoms with Crippen LogP contribution in [0.2, 0.25) is 0 Å². The van der Waals surface area contributed by atoms with E-state index in [0.717, 1.165) is 88.1 Å². The maximum atomic E-state index is 6.48. The first kappa shape index (κ1) is 31.5. The molecule has 266 valence electrons. The number of hydrogen-bond acceptors (Lipinski definition) is 5. The van der Waals surface area contributed by atoms with Gasteiger partial charge >= 0.3 is 0 Å². The minimum Gasteiger partial charge on any atom is -0.456 e. The number of furan rings is 2. The van der Waals surface area contributed by atoms with Crippen LogP contribution in [0.5, 0.6) is 0 Å². The Hall–Kier alpha value is -7.83. The maximum Gasteiger partial charge on any atom is 0.167 e. The van der Waals surface area contributed by atoms with Crippen LogP contribution in [0.4, 0.5) is 0 Å². The molecule has 0 saturated heterocycles. The summed E-state index contributed by atoms with van der Waals surface area (Å²) < 4.78 is 15.2. The summed E-state index contributed by atoms with van der Waals surface area (Å²) in [4.78, 5) is 15.3. The molecule has 0 aliphatic heterocycles. The molecule has 6 nitrogen and oxygen atoms in total. The zero-order valence-electron chi connectivity index (χ0n) is 30.4. The van der Waals surface area contributed by atoms with E-state index in [9.17, 15) is 0 Å². The second-order valence-corrected chi connectivity index (χ2v) is 14.4. The van der Waals surface area contributed by atoms with E-state index in [1.165, 1.54) is 11.1 Å². The minimum atomic E-state index is 0.557. The molecule has 0 bridgehead atoms. The van der Waals surface area contributed by atoms with Crippen molar-refractivity contribution >= 4 is 65.7 Å². The highest BCUT2D eigenvalue weighted by Crippen LogP contribution is 2.39. The molecular weight excluding hydrogens is 701 g/mol. The van der Waals surface area contributed by atoms with E-state index in [1.807, 2.05) is 66.7 Å². The second kappa shape index (κ2) is 12.3. The Morgan fingerprint density at radius 3 is 1.82 bits per heavy atom. The lowest BCUT2D eigenvalue weighted by molar-refractivity contribution is 0.668. The van der Waals surface area contributed by atoms with Crippen LogP contribution >= 0.6 is 0 Å². The van der Waals surface area contributed by atoms with Crippen LogP contribution in [0.1, 0.15) is 0 Å². The van der Waals surface area contributed by atoms with Crippen molar-refractivity contribution in [2.75, 3.05) is 0 Å². The fourth-order valence-electron chi connectivity index (χ4n) is 8.37. The Labute approximate surface area is 325 Å².